The SMILES string of the molecule is COc1ccc(F)cc1CSc1nc2ccccc2c(=O)n1-c1ccc(C#N)cc1. The van der Waals surface area contributed by atoms with E-state index in [1.165, 1.54) is 35.6 Å². The summed E-state index contributed by atoms with van der Waals surface area (Å²) >= 11 is 1.31. The second kappa shape index (κ2) is 8.39. The third-order valence-corrected chi connectivity index (χ3v) is 5.59. The molecule has 4 rings (SSSR count). The van der Waals surface area contributed by atoms with Gasteiger partial charge in [-0.15, -0.1) is 0 Å². The second-order valence-corrected chi connectivity index (χ2v) is 7.40. The van der Waals surface area contributed by atoms with Crippen molar-refractivity contribution >= 4 is 22.7 Å². The molecule has 0 bridgehead atoms. The maximum absolute atomic E-state index is 13.7. The maximum Gasteiger partial charge on any atom is 0.266 e. The molecule has 7 heteroatoms. The highest BCUT2D eigenvalue weighted by Crippen LogP contribution is 2.29. The molecule has 5 nitrogen and oxygen atoms in total. The number of nitrogens with zero attached hydrogens (tertiary/aromatic N) is 3. The van der Waals surface area contributed by atoms with Crippen LogP contribution in [0.3, 0.4) is 0 Å². The Labute approximate surface area is 176 Å². The Morgan fingerprint density at radius 3 is 2.63 bits per heavy atom. The molecule has 0 radical (unpaired) electrons. The van der Waals surface area contributed by atoms with E-state index in [4.69, 9.17) is 10.00 Å². The quantitative estimate of drug-likeness (QED) is 0.348. The Balaban J connectivity index is 1.83. The first-order valence-corrected chi connectivity index (χ1v) is 10.1. The van der Waals surface area contributed by atoms with E-state index in [1.807, 2.05) is 6.07 Å². The van der Waals surface area contributed by atoms with E-state index < -0.39 is 0 Å². The van der Waals surface area contributed by atoms with Gasteiger partial charge in [-0.2, -0.15) is 5.26 Å². The summed E-state index contributed by atoms with van der Waals surface area (Å²) in [4.78, 5) is 17.9. The average molecular weight is 417 g/mol. The molecule has 0 fully saturated rings. The monoisotopic (exact) mass is 417 g/mol. The first-order chi connectivity index (χ1) is 14.6. The number of nitriles is 1. The van der Waals surface area contributed by atoms with Crippen molar-refractivity contribution in [2.75, 3.05) is 7.11 Å². The van der Waals surface area contributed by atoms with Crippen molar-refractivity contribution in [3.63, 3.8) is 0 Å². The Bertz CT molecular complexity index is 1330. The van der Waals surface area contributed by atoms with Gasteiger partial charge in [0.15, 0.2) is 5.16 Å². The Hall–Kier alpha value is -3.63. The second-order valence-electron chi connectivity index (χ2n) is 6.46. The molecule has 0 spiro atoms. The van der Waals surface area contributed by atoms with Crippen molar-refractivity contribution in [2.45, 2.75) is 10.9 Å². The fourth-order valence-electron chi connectivity index (χ4n) is 3.12. The van der Waals surface area contributed by atoms with Crippen LogP contribution in [0.15, 0.2) is 76.7 Å². The number of hydrogen-bond donors (Lipinski definition) is 0. The predicted molar refractivity (Wildman–Crippen MR) is 115 cm³/mol. The molecular weight excluding hydrogens is 401 g/mol. The molecule has 0 saturated heterocycles. The average Bonchev–Trinajstić information content (AvgIpc) is 2.78. The summed E-state index contributed by atoms with van der Waals surface area (Å²) in [6.07, 6.45) is 0. The number of halogens is 1. The normalized spacial score (nSPS) is 10.7. The van der Waals surface area contributed by atoms with Crippen LogP contribution in [0.2, 0.25) is 0 Å². The number of benzene rings is 3. The smallest absolute Gasteiger partial charge is 0.266 e. The third-order valence-electron chi connectivity index (χ3n) is 4.60. The highest BCUT2D eigenvalue weighted by Gasteiger charge is 2.15. The lowest BCUT2D eigenvalue weighted by atomic mass is 10.2. The number of para-hydroxylation sites is 1. The Morgan fingerprint density at radius 2 is 1.90 bits per heavy atom. The summed E-state index contributed by atoms with van der Waals surface area (Å²) in [7, 11) is 1.53. The number of ether oxygens (including phenoxy) is 1. The van der Waals surface area contributed by atoms with Gasteiger partial charge >= 0.3 is 0 Å². The van der Waals surface area contributed by atoms with Crippen molar-refractivity contribution < 1.29 is 9.13 Å². The number of fused-ring (bicyclic) bond motifs is 1. The standard InChI is InChI=1S/C23H16FN3O2S/c1-29-21-11-8-17(24)12-16(21)14-30-23-26-20-5-3-2-4-19(20)22(28)27(23)18-9-6-15(13-25)7-10-18/h2-12H,14H2,1H3. The van der Waals surface area contributed by atoms with Gasteiger partial charge < -0.3 is 4.74 Å². The van der Waals surface area contributed by atoms with Crippen LogP contribution in [-0.2, 0) is 5.75 Å². The summed E-state index contributed by atoms with van der Waals surface area (Å²) in [6.45, 7) is 0. The molecule has 0 N–H and O–H groups in total. The van der Waals surface area contributed by atoms with Gasteiger partial charge in [0.25, 0.3) is 5.56 Å². The van der Waals surface area contributed by atoms with Gasteiger partial charge in [0.2, 0.25) is 0 Å². The van der Waals surface area contributed by atoms with Crippen LogP contribution < -0.4 is 10.3 Å². The molecule has 0 aliphatic carbocycles. The number of methoxy groups -OCH3 is 1. The predicted octanol–water partition coefficient (Wildman–Crippen LogP) is 4.70. The molecule has 1 aromatic heterocycles. The van der Waals surface area contributed by atoms with Crippen molar-refractivity contribution in [1.82, 2.24) is 9.55 Å². The highest BCUT2D eigenvalue weighted by molar-refractivity contribution is 7.98. The van der Waals surface area contributed by atoms with Crippen LogP contribution in [0.25, 0.3) is 16.6 Å². The van der Waals surface area contributed by atoms with E-state index in [-0.39, 0.29) is 11.4 Å². The third kappa shape index (κ3) is 3.78. The van der Waals surface area contributed by atoms with Crippen LogP contribution in [-0.4, -0.2) is 16.7 Å². The molecule has 0 atom stereocenters. The van der Waals surface area contributed by atoms with Gasteiger partial charge in [-0.1, -0.05) is 23.9 Å². The summed E-state index contributed by atoms with van der Waals surface area (Å²) in [6, 6.07) is 20.3. The van der Waals surface area contributed by atoms with Crippen molar-refractivity contribution in [3.05, 3.63) is 94.0 Å². The molecule has 1 heterocycles. The van der Waals surface area contributed by atoms with E-state index in [0.717, 1.165) is 0 Å². The zero-order valence-corrected chi connectivity index (χ0v) is 16.8. The minimum atomic E-state index is -0.359. The first-order valence-electron chi connectivity index (χ1n) is 9.08. The lowest BCUT2D eigenvalue weighted by Gasteiger charge is -2.14. The Kier molecular flexibility index (Phi) is 5.50. The van der Waals surface area contributed by atoms with Gasteiger partial charge in [0, 0.05) is 11.3 Å². The lowest BCUT2D eigenvalue weighted by Crippen LogP contribution is -2.21. The number of hydrogen-bond acceptors (Lipinski definition) is 5. The van der Waals surface area contributed by atoms with Gasteiger partial charge in [0.05, 0.1) is 35.3 Å². The number of thioether (sulfide) groups is 1. The van der Waals surface area contributed by atoms with Crippen molar-refractivity contribution in [2.24, 2.45) is 0 Å². The molecule has 0 saturated carbocycles. The Morgan fingerprint density at radius 1 is 1.13 bits per heavy atom. The molecule has 4 aromatic rings. The van der Waals surface area contributed by atoms with Crippen LogP contribution in [0, 0.1) is 17.1 Å². The molecule has 30 heavy (non-hydrogen) atoms. The van der Waals surface area contributed by atoms with E-state index in [2.05, 4.69) is 11.1 Å². The number of rotatable bonds is 5. The fourth-order valence-corrected chi connectivity index (χ4v) is 4.11. The minimum Gasteiger partial charge on any atom is -0.496 e. The van der Waals surface area contributed by atoms with Crippen LogP contribution in [0.4, 0.5) is 4.39 Å². The number of aromatic nitrogens is 2. The van der Waals surface area contributed by atoms with Crippen LogP contribution >= 0.6 is 11.8 Å². The van der Waals surface area contributed by atoms with Gasteiger partial charge in [0.1, 0.15) is 11.6 Å². The molecular formula is C23H16FN3O2S. The topological polar surface area (TPSA) is 67.9 Å². The molecule has 3 aromatic carbocycles. The zero-order valence-electron chi connectivity index (χ0n) is 16.0. The van der Waals surface area contributed by atoms with Gasteiger partial charge in [-0.25, -0.2) is 9.37 Å². The molecule has 0 aliphatic heterocycles. The van der Waals surface area contributed by atoms with E-state index in [1.54, 1.807) is 48.5 Å². The van der Waals surface area contributed by atoms with Crippen LogP contribution in [0.1, 0.15) is 11.1 Å². The molecule has 148 valence electrons. The van der Waals surface area contributed by atoms with Crippen molar-refractivity contribution in [3.8, 4) is 17.5 Å². The van der Waals surface area contributed by atoms with E-state index in [9.17, 15) is 9.18 Å². The maximum atomic E-state index is 13.7. The summed E-state index contributed by atoms with van der Waals surface area (Å²) in [5.74, 6) is 0.571. The fraction of sp³-hybridized carbons (Fsp3) is 0.0870. The van der Waals surface area contributed by atoms with Crippen molar-refractivity contribution in [1.29, 1.82) is 5.26 Å². The van der Waals surface area contributed by atoms with E-state index in [0.29, 0.717) is 44.4 Å². The highest BCUT2D eigenvalue weighted by atomic mass is 32.2. The van der Waals surface area contributed by atoms with Gasteiger partial charge in [-0.3, -0.25) is 9.36 Å². The molecule has 0 aliphatic rings. The lowest BCUT2D eigenvalue weighted by molar-refractivity contribution is 0.410. The summed E-state index contributed by atoms with van der Waals surface area (Å²) in [5.41, 5.74) is 2.14. The van der Waals surface area contributed by atoms with Crippen LogP contribution in [0.5, 0.6) is 5.75 Å². The first kappa shape index (κ1) is 19.7. The van der Waals surface area contributed by atoms with Gasteiger partial charge in [-0.05, 0) is 54.6 Å². The van der Waals surface area contributed by atoms with E-state index >= 15 is 0 Å². The largest absolute Gasteiger partial charge is 0.496 e. The summed E-state index contributed by atoms with van der Waals surface area (Å²) < 4.78 is 20.6. The zero-order chi connectivity index (χ0) is 21.1. The minimum absolute atomic E-state index is 0.209. The molecule has 0 amide bonds. The molecule has 0 unspecified atom stereocenters. The summed E-state index contributed by atoms with van der Waals surface area (Å²) in [5, 5.41) is 10.0.